The third-order valence-corrected chi connectivity index (χ3v) is 5.46. The molecule has 0 radical (unpaired) electrons. The zero-order chi connectivity index (χ0) is 20.9. The number of ether oxygens (including phenoxy) is 1. The molecule has 1 aromatic carbocycles. The lowest BCUT2D eigenvalue weighted by atomic mass is 10.2. The van der Waals surface area contributed by atoms with Gasteiger partial charge in [0.15, 0.2) is 10.8 Å². The zero-order valence-corrected chi connectivity index (χ0v) is 17.3. The molecule has 8 nitrogen and oxygen atoms in total. The van der Waals surface area contributed by atoms with Crippen molar-refractivity contribution in [1.82, 2.24) is 10.3 Å². The van der Waals surface area contributed by atoms with Gasteiger partial charge in [0.2, 0.25) is 0 Å². The second kappa shape index (κ2) is 9.10. The van der Waals surface area contributed by atoms with Crippen molar-refractivity contribution >= 4 is 34.6 Å². The van der Waals surface area contributed by atoms with Crippen LogP contribution in [0.4, 0.5) is 16.2 Å². The Bertz CT molecular complexity index is 1020. The maximum absolute atomic E-state index is 12.4. The van der Waals surface area contributed by atoms with E-state index in [-0.39, 0.29) is 18.0 Å². The van der Waals surface area contributed by atoms with Crippen LogP contribution in [-0.2, 0) is 4.74 Å². The maximum Gasteiger partial charge on any atom is 0.319 e. The van der Waals surface area contributed by atoms with E-state index in [2.05, 4.69) is 20.9 Å². The van der Waals surface area contributed by atoms with Gasteiger partial charge >= 0.3 is 6.03 Å². The Morgan fingerprint density at radius 3 is 2.57 bits per heavy atom. The van der Waals surface area contributed by atoms with E-state index in [9.17, 15) is 9.59 Å². The van der Waals surface area contributed by atoms with Gasteiger partial charge in [-0.05, 0) is 56.2 Å². The second-order valence-electron chi connectivity index (χ2n) is 6.95. The standard InChI is InChI=1S/C21H22N4O4S/c1-13-4-9-18(29-13)20-25-17(12-30-20)19(26)23-14-5-7-15(8-6-14)24-21(27)22-11-16-3-2-10-28-16/h4-9,12,16H,2-3,10-11H2,1H3,(H,23,26)(H2,22,24,27)/t16-/m0/s1. The third kappa shape index (κ3) is 5.05. The first kappa shape index (κ1) is 20.1. The highest BCUT2D eigenvalue weighted by atomic mass is 32.1. The molecule has 0 bridgehead atoms. The average Bonchev–Trinajstić information content (AvgIpc) is 3.49. The van der Waals surface area contributed by atoms with Crippen LogP contribution in [0.25, 0.3) is 10.8 Å². The molecule has 3 aromatic rings. The number of aromatic nitrogens is 1. The first-order valence-electron chi connectivity index (χ1n) is 9.67. The van der Waals surface area contributed by atoms with Crippen LogP contribution in [0.3, 0.4) is 0 Å². The van der Waals surface area contributed by atoms with Crippen molar-refractivity contribution in [3.05, 3.63) is 53.2 Å². The molecule has 4 rings (SSSR count). The van der Waals surface area contributed by atoms with Gasteiger partial charge in [0, 0.05) is 29.9 Å². The highest BCUT2D eigenvalue weighted by Crippen LogP contribution is 2.26. The van der Waals surface area contributed by atoms with Crippen molar-refractivity contribution in [1.29, 1.82) is 0 Å². The van der Waals surface area contributed by atoms with Crippen molar-refractivity contribution in [2.45, 2.75) is 25.9 Å². The molecule has 30 heavy (non-hydrogen) atoms. The van der Waals surface area contributed by atoms with Gasteiger partial charge in [0.05, 0.1) is 6.10 Å². The van der Waals surface area contributed by atoms with Crippen molar-refractivity contribution < 1.29 is 18.7 Å². The number of furan rings is 1. The molecule has 1 aliphatic rings. The Morgan fingerprint density at radius 1 is 1.13 bits per heavy atom. The van der Waals surface area contributed by atoms with Crippen LogP contribution in [0.1, 0.15) is 29.1 Å². The molecule has 3 amide bonds. The number of rotatable bonds is 6. The van der Waals surface area contributed by atoms with Crippen LogP contribution < -0.4 is 16.0 Å². The minimum absolute atomic E-state index is 0.0939. The van der Waals surface area contributed by atoms with Crippen molar-refractivity contribution in [2.24, 2.45) is 0 Å². The molecule has 1 atom stereocenters. The molecular weight excluding hydrogens is 404 g/mol. The number of hydrogen-bond donors (Lipinski definition) is 3. The summed E-state index contributed by atoms with van der Waals surface area (Å²) in [4.78, 5) is 28.8. The Morgan fingerprint density at radius 2 is 1.90 bits per heavy atom. The molecule has 2 aromatic heterocycles. The molecule has 0 aliphatic carbocycles. The van der Waals surface area contributed by atoms with Crippen molar-refractivity contribution in [3.63, 3.8) is 0 Å². The number of nitrogens with zero attached hydrogens (tertiary/aromatic N) is 1. The fourth-order valence-corrected chi connectivity index (χ4v) is 3.82. The van der Waals surface area contributed by atoms with E-state index >= 15 is 0 Å². The fraction of sp³-hybridized carbons (Fsp3) is 0.286. The molecular formula is C21H22N4O4S. The van der Waals surface area contributed by atoms with Gasteiger partial charge in [0.25, 0.3) is 5.91 Å². The normalized spacial score (nSPS) is 15.7. The largest absolute Gasteiger partial charge is 0.459 e. The van der Waals surface area contributed by atoms with Gasteiger partial charge in [-0.1, -0.05) is 0 Å². The molecule has 1 saturated heterocycles. The average molecular weight is 426 g/mol. The molecule has 0 saturated carbocycles. The van der Waals surface area contributed by atoms with Gasteiger partial charge in [0.1, 0.15) is 11.5 Å². The van der Waals surface area contributed by atoms with Crippen LogP contribution in [0.2, 0.25) is 0 Å². The number of thiazole rings is 1. The lowest BCUT2D eigenvalue weighted by Crippen LogP contribution is -2.35. The van der Waals surface area contributed by atoms with Gasteiger partial charge in [-0.25, -0.2) is 9.78 Å². The number of nitrogens with one attached hydrogen (secondary N) is 3. The predicted octanol–water partition coefficient (Wildman–Crippen LogP) is 4.26. The summed E-state index contributed by atoms with van der Waals surface area (Å²) in [6.07, 6.45) is 2.10. The number of urea groups is 1. The number of amides is 3. The number of benzene rings is 1. The summed E-state index contributed by atoms with van der Waals surface area (Å²) in [6, 6.07) is 10.3. The topological polar surface area (TPSA) is 105 Å². The van der Waals surface area contributed by atoms with Gasteiger partial charge < -0.3 is 25.1 Å². The summed E-state index contributed by atoms with van der Waals surface area (Å²) in [5.41, 5.74) is 1.55. The summed E-state index contributed by atoms with van der Waals surface area (Å²) in [5, 5.41) is 10.7. The van der Waals surface area contributed by atoms with E-state index in [1.807, 2.05) is 19.1 Å². The molecule has 3 N–H and O–H groups in total. The maximum atomic E-state index is 12.4. The number of carbonyl (C=O) groups is 2. The molecule has 3 heterocycles. The smallest absolute Gasteiger partial charge is 0.319 e. The molecule has 0 unspecified atom stereocenters. The van der Waals surface area contributed by atoms with Crippen LogP contribution >= 0.6 is 11.3 Å². The zero-order valence-electron chi connectivity index (χ0n) is 16.4. The predicted molar refractivity (Wildman–Crippen MR) is 115 cm³/mol. The van der Waals surface area contributed by atoms with E-state index in [1.165, 1.54) is 11.3 Å². The number of aryl methyl sites for hydroxylation is 1. The second-order valence-corrected chi connectivity index (χ2v) is 7.81. The van der Waals surface area contributed by atoms with Gasteiger partial charge in [-0.15, -0.1) is 11.3 Å². The lowest BCUT2D eigenvalue weighted by molar-refractivity contribution is 0.102. The molecule has 156 valence electrons. The number of anilines is 2. The summed E-state index contributed by atoms with van der Waals surface area (Å²) < 4.78 is 11.0. The van der Waals surface area contributed by atoms with Crippen LogP contribution in [-0.4, -0.2) is 36.2 Å². The number of hydrogen-bond acceptors (Lipinski definition) is 6. The highest BCUT2D eigenvalue weighted by molar-refractivity contribution is 7.13. The Balaban J connectivity index is 1.29. The molecule has 1 aliphatic heterocycles. The summed E-state index contributed by atoms with van der Waals surface area (Å²) in [7, 11) is 0. The third-order valence-electron chi connectivity index (χ3n) is 4.60. The van der Waals surface area contributed by atoms with Gasteiger partial charge in [-0.3, -0.25) is 4.79 Å². The highest BCUT2D eigenvalue weighted by Gasteiger charge is 2.16. The lowest BCUT2D eigenvalue weighted by Gasteiger charge is -2.12. The first-order chi connectivity index (χ1) is 14.6. The minimum Gasteiger partial charge on any atom is -0.459 e. The first-order valence-corrected chi connectivity index (χ1v) is 10.5. The monoisotopic (exact) mass is 426 g/mol. The summed E-state index contributed by atoms with van der Waals surface area (Å²) >= 11 is 1.35. The SMILES string of the molecule is Cc1ccc(-c2nc(C(=O)Nc3ccc(NC(=O)NC[C@@H]4CCCO4)cc3)cs2)o1. The van der Waals surface area contributed by atoms with E-state index < -0.39 is 0 Å². The van der Waals surface area contributed by atoms with Crippen molar-refractivity contribution in [2.75, 3.05) is 23.8 Å². The minimum atomic E-state index is -0.309. The fourth-order valence-electron chi connectivity index (χ4n) is 3.06. The quantitative estimate of drug-likeness (QED) is 0.546. The molecule has 0 spiro atoms. The van der Waals surface area contributed by atoms with Gasteiger partial charge in [-0.2, -0.15) is 0 Å². The van der Waals surface area contributed by atoms with Crippen LogP contribution in [0.15, 0.2) is 46.2 Å². The van der Waals surface area contributed by atoms with E-state index in [1.54, 1.807) is 29.6 Å². The molecule has 9 heteroatoms. The van der Waals surface area contributed by atoms with Crippen molar-refractivity contribution in [3.8, 4) is 10.8 Å². The van der Waals surface area contributed by atoms with E-state index in [0.717, 1.165) is 25.2 Å². The summed E-state index contributed by atoms with van der Waals surface area (Å²) in [6.45, 7) is 3.11. The van der Waals surface area contributed by atoms with Crippen LogP contribution in [0.5, 0.6) is 0 Å². The Labute approximate surface area is 177 Å². The Hall–Kier alpha value is -3.17. The molecule has 1 fully saturated rings. The van der Waals surface area contributed by atoms with Crippen LogP contribution in [0, 0.1) is 6.92 Å². The van der Waals surface area contributed by atoms with E-state index in [0.29, 0.717) is 34.4 Å². The van der Waals surface area contributed by atoms with E-state index in [4.69, 9.17) is 9.15 Å². The summed E-state index contributed by atoms with van der Waals surface area (Å²) in [5.74, 6) is 1.13. The Kier molecular flexibility index (Phi) is 6.10. The number of carbonyl (C=O) groups excluding carboxylic acids is 2.